The molecule has 6 fully saturated rings. The van der Waals surface area contributed by atoms with Gasteiger partial charge in [-0.15, -0.1) is 0 Å². The van der Waals surface area contributed by atoms with Gasteiger partial charge in [0, 0.05) is 111 Å². The summed E-state index contributed by atoms with van der Waals surface area (Å²) >= 11 is 12.9. The van der Waals surface area contributed by atoms with Crippen LogP contribution < -0.4 is 0 Å². The Kier molecular flexibility index (Phi) is 16.2. The van der Waals surface area contributed by atoms with E-state index in [0.717, 1.165) is 124 Å². The molecule has 4 aliphatic carbocycles. The van der Waals surface area contributed by atoms with Crippen LogP contribution in [0.2, 0.25) is 10.0 Å². The first kappa shape index (κ1) is 51.0. The van der Waals surface area contributed by atoms with Crippen molar-refractivity contribution in [1.29, 1.82) is 0 Å². The number of carbonyl (C=O) groups is 4. The fourth-order valence-electron chi connectivity index (χ4n) is 11.9. The van der Waals surface area contributed by atoms with Gasteiger partial charge in [0.2, 0.25) is 11.8 Å². The van der Waals surface area contributed by atoms with Crippen molar-refractivity contribution in [2.45, 2.75) is 169 Å². The van der Waals surface area contributed by atoms with Crippen molar-refractivity contribution in [2.24, 2.45) is 35.5 Å². The minimum absolute atomic E-state index is 0.0434. The zero-order valence-corrected chi connectivity index (χ0v) is 42.7. The molecule has 0 spiro atoms. The van der Waals surface area contributed by atoms with Crippen molar-refractivity contribution >= 4 is 46.6 Å². The van der Waals surface area contributed by atoms with E-state index in [1.807, 2.05) is 24.3 Å². The summed E-state index contributed by atoms with van der Waals surface area (Å²) in [6.45, 7) is 22.2. The van der Waals surface area contributed by atoms with Crippen molar-refractivity contribution < 1.29 is 29.4 Å². The molecule has 6 aliphatic rings. The minimum atomic E-state index is -0.799. The highest BCUT2D eigenvalue weighted by molar-refractivity contribution is 6.31. The third-order valence-corrected chi connectivity index (χ3v) is 16.7. The number of ketones is 2. The average molecular weight is 950 g/mol. The molecule has 0 radical (unpaired) electrons. The summed E-state index contributed by atoms with van der Waals surface area (Å²) in [5.41, 5.74) is 4.96. The third kappa shape index (κ3) is 12.5. The van der Waals surface area contributed by atoms with Gasteiger partial charge in [-0.05, 0) is 163 Å². The molecule has 2 amide bonds. The Morgan fingerprint density at radius 2 is 0.909 bits per heavy atom. The quantitative estimate of drug-likeness (QED) is 0.193. The summed E-state index contributed by atoms with van der Waals surface area (Å²) < 4.78 is 0. The molecular weight excluding hydrogens is 872 g/mol. The molecule has 2 aliphatic heterocycles. The van der Waals surface area contributed by atoms with Crippen molar-refractivity contribution in [1.82, 2.24) is 19.6 Å². The molecule has 8 rings (SSSR count). The van der Waals surface area contributed by atoms with E-state index in [4.69, 9.17) is 23.2 Å². The van der Waals surface area contributed by atoms with Crippen molar-refractivity contribution in [3.63, 3.8) is 0 Å². The van der Waals surface area contributed by atoms with Gasteiger partial charge < -0.3 is 20.0 Å². The van der Waals surface area contributed by atoms with Crippen LogP contribution in [0.3, 0.4) is 0 Å². The highest BCUT2D eigenvalue weighted by Gasteiger charge is 2.51. The summed E-state index contributed by atoms with van der Waals surface area (Å²) in [4.78, 5) is 60.5. The Morgan fingerprint density at radius 3 is 1.21 bits per heavy atom. The van der Waals surface area contributed by atoms with Crippen LogP contribution in [0.1, 0.15) is 139 Å². The predicted molar refractivity (Wildman–Crippen MR) is 262 cm³/mol. The number of benzene rings is 2. The van der Waals surface area contributed by atoms with Gasteiger partial charge in [0.05, 0.1) is 11.2 Å². The molecule has 0 aromatic heterocycles. The van der Waals surface area contributed by atoms with E-state index < -0.39 is 11.2 Å². The average Bonchev–Trinajstić information content (AvgIpc) is 4.11. The van der Waals surface area contributed by atoms with Crippen LogP contribution in [0.25, 0.3) is 0 Å². The molecule has 0 bridgehead atoms. The number of Topliss-reactive ketones (excluding diaryl/α,β-unsaturated/α-hetero) is 2. The predicted octanol–water partition coefficient (Wildman–Crippen LogP) is 8.78. The van der Waals surface area contributed by atoms with E-state index in [9.17, 15) is 29.4 Å². The standard InChI is InChI=1S/2C27H39ClN2O3/c2*1-17-15-29(9-10-30(17)26(32)19-7-5-6-8-19)16-21-12-22(28)11-20(18(21)2)13-25(31)23-14-24(23)27(3,4)33/h2*11-12,17,19,23-24,33H,5-10,13-16H2,1-4H3/t17-,23+,24-;17-,23-,24-/m00/s1. The van der Waals surface area contributed by atoms with Crippen LogP contribution in [0.4, 0.5) is 0 Å². The zero-order valence-electron chi connectivity index (χ0n) is 41.1. The first-order chi connectivity index (χ1) is 31.1. The number of hydrogen-bond acceptors (Lipinski definition) is 8. The van der Waals surface area contributed by atoms with Gasteiger partial charge >= 0.3 is 0 Å². The van der Waals surface area contributed by atoms with Gasteiger partial charge in [0.1, 0.15) is 11.6 Å². The first-order valence-corrected chi connectivity index (χ1v) is 26.0. The van der Waals surface area contributed by atoms with Crippen molar-refractivity contribution in [3.8, 4) is 0 Å². The summed E-state index contributed by atoms with van der Waals surface area (Å²) in [6.07, 6.45) is 11.2. The fourth-order valence-corrected chi connectivity index (χ4v) is 12.4. The number of rotatable bonds is 14. The minimum Gasteiger partial charge on any atom is -0.390 e. The molecule has 2 aromatic carbocycles. The maximum Gasteiger partial charge on any atom is 0.226 e. The number of nitrogens with zero attached hydrogens (tertiary/aromatic N) is 4. The molecule has 2 saturated heterocycles. The molecule has 10 nitrogen and oxygen atoms in total. The topological polar surface area (TPSA) is 122 Å². The van der Waals surface area contributed by atoms with Gasteiger partial charge in [-0.3, -0.25) is 29.0 Å². The van der Waals surface area contributed by atoms with Gasteiger partial charge in [0.15, 0.2) is 0 Å². The van der Waals surface area contributed by atoms with Crippen LogP contribution in [-0.2, 0) is 45.1 Å². The molecule has 2 heterocycles. The monoisotopic (exact) mass is 949 g/mol. The lowest BCUT2D eigenvalue weighted by molar-refractivity contribution is -0.140. The summed E-state index contributed by atoms with van der Waals surface area (Å²) in [6, 6.07) is 8.29. The molecule has 364 valence electrons. The molecule has 66 heavy (non-hydrogen) atoms. The lowest BCUT2D eigenvalue weighted by atomic mass is 9.94. The van der Waals surface area contributed by atoms with Gasteiger partial charge in [-0.25, -0.2) is 0 Å². The maximum atomic E-state index is 12.9. The van der Waals surface area contributed by atoms with Crippen LogP contribution in [0.5, 0.6) is 0 Å². The number of carbonyl (C=O) groups excluding carboxylic acids is 4. The second-order valence-corrected chi connectivity index (χ2v) is 23.3. The summed E-state index contributed by atoms with van der Waals surface area (Å²) in [7, 11) is 0. The summed E-state index contributed by atoms with van der Waals surface area (Å²) in [5.74, 6) is 1.61. The molecule has 2 N–H and O–H groups in total. The Morgan fingerprint density at radius 1 is 0.576 bits per heavy atom. The lowest BCUT2D eigenvalue weighted by Crippen LogP contribution is -2.54. The SMILES string of the molecule is Cc1c(CC(=O)[C@@H]2C[C@@H]2C(C)(C)O)cc(Cl)cc1CN1CCN(C(=O)C2CCCC2)[C@@H](C)C1.Cc1c(CC(=O)[C@H]2C[C@@H]2C(C)(C)O)cc(Cl)cc1CN1CCN(C(=O)C2CCCC2)[C@@H](C)C1. The molecule has 2 aromatic rings. The van der Waals surface area contributed by atoms with Gasteiger partial charge in [0.25, 0.3) is 0 Å². The van der Waals surface area contributed by atoms with Crippen LogP contribution in [0, 0.1) is 49.4 Å². The number of hydrogen-bond donors (Lipinski definition) is 2. The molecule has 12 heteroatoms. The highest BCUT2D eigenvalue weighted by atomic mass is 35.5. The second-order valence-electron chi connectivity index (χ2n) is 22.4. The van der Waals surface area contributed by atoms with Crippen molar-refractivity contribution in [3.05, 3.63) is 67.7 Å². The van der Waals surface area contributed by atoms with E-state index in [2.05, 4.69) is 47.3 Å². The van der Waals surface area contributed by atoms with Crippen molar-refractivity contribution in [2.75, 3.05) is 39.3 Å². The molecular formula is C54H78Cl2N4O6. The van der Waals surface area contributed by atoms with Gasteiger partial charge in [-0.1, -0.05) is 48.9 Å². The van der Waals surface area contributed by atoms with E-state index in [-0.39, 0.29) is 59.2 Å². The Hall–Kier alpha value is -2.86. The van der Waals surface area contributed by atoms with Gasteiger partial charge in [-0.2, -0.15) is 0 Å². The van der Waals surface area contributed by atoms with E-state index in [1.165, 1.54) is 25.7 Å². The Bertz CT molecular complexity index is 1950. The largest absolute Gasteiger partial charge is 0.390 e. The summed E-state index contributed by atoms with van der Waals surface area (Å²) in [5, 5.41) is 21.7. The number of halogens is 2. The number of aliphatic hydroxyl groups is 2. The maximum absolute atomic E-state index is 12.9. The molecule has 4 saturated carbocycles. The van der Waals surface area contributed by atoms with E-state index >= 15 is 0 Å². The third-order valence-electron chi connectivity index (χ3n) is 16.3. The van der Waals surface area contributed by atoms with E-state index in [1.54, 1.807) is 27.7 Å². The fraction of sp³-hybridized carbons (Fsp3) is 0.704. The van der Waals surface area contributed by atoms with E-state index in [0.29, 0.717) is 34.7 Å². The number of piperazine rings is 2. The Labute approximate surface area is 405 Å². The smallest absolute Gasteiger partial charge is 0.226 e. The lowest BCUT2D eigenvalue weighted by Gasteiger charge is -2.41. The number of amides is 2. The normalized spacial score (nSPS) is 26.6. The second kappa shape index (κ2) is 21.0. The zero-order chi connectivity index (χ0) is 47.8. The van der Waals surface area contributed by atoms with Crippen LogP contribution in [0.15, 0.2) is 24.3 Å². The Balaban J connectivity index is 0.000000196. The van der Waals surface area contributed by atoms with Crippen LogP contribution >= 0.6 is 23.2 Å². The highest BCUT2D eigenvalue weighted by Crippen LogP contribution is 2.48. The molecule has 0 unspecified atom stereocenters. The first-order valence-electron chi connectivity index (χ1n) is 25.2. The van der Waals surface area contributed by atoms with Crippen LogP contribution in [-0.4, -0.2) is 116 Å². The molecule has 6 atom stereocenters.